The smallest absolute Gasteiger partial charge is 0.334 e. The number of hydrogen-bond acceptors (Lipinski definition) is 3. The van der Waals surface area contributed by atoms with E-state index in [1.54, 1.807) is 24.3 Å². The molecule has 0 saturated heterocycles. The van der Waals surface area contributed by atoms with Crippen molar-refractivity contribution in [3.63, 3.8) is 0 Å². The second-order valence-corrected chi connectivity index (χ2v) is 4.51. The first-order valence-corrected chi connectivity index (χ1v) is 5.94. The predicted molar refractivity (Wildman–Crippen MR) is 67.7 cm³/mol. The van der Waals surface area contributed by atoms with Crippen molar-refractivity contribution in [1.29, 1.82) is 0 Å². The highest BCUT2D eigenvalue weighted by Crippen LogP contribution is 2.27. The molecular formula is C12H14N2O2S. The zero-order valence-electron chi connectivity index (χ0n) is 9.30. The Morgan fingerprint density at radius 3 is 2.53 bits per heavy atom. The maximum atomic E-state index is 11.8. The van der Waals surface area contributed by atoms with Crippen LogP contribution < -0.4 is 5.32 Å². The van der Waals surface area contributed by atoms with Crippen LogP contribution in [0.3, 0.4) is 0 Å². The summed E-state index contributed by atoms with van der Waals surface area (Å²) in [6.45, 7) is 0.623. The van der Waals surface area contributed by atoms with Crippen molar-refractivity contribution in [1.82, 2.24) is 9.62 Å². The molecule has 1 aliphatic carbocycles. The fourth-order valence-corrected chi connectivity index (χ4v) is 1.61. The number of benzene rings is 1. The van der Waals surface area contributed by atoms with Crippen LogP contribution in [0.5, 0.6) is 0 Å². The summed E-state index contributed by atoms with van der Waals surface area (Å²) in [5.41, 5.74) is 0.448. The summed E-state index contributed by atoms with van der Waals surface area (Å²) >= 11 is 3.93. The highest BCUT2D eigenvalue weighted by atomic mass is 32.1. The van der Waals surface area contributed by atoms with E-state index >= 15 is 0 Å². The lowest BCUT2D eigenvalue weighted by Gasteiger charge is -2.14. The fourth-order valence-electron chi connectivity index (χ4n) is 1.42. The van der Waals surface area contributed by atoms with E-state index in [0.29, 0.717) is 18.0 Å². The highest BCUT2D eigenvalue weighted by Gasteiger charge is 2.24. The zero-order chi connectivity index (χ0) is 12.3. The van der Waals surface area contributed by atoms with Crippen LogP contribution >= 0.6 is 12.8 Å². The van der Waals surface area contributed by atoms with E-state index in [9.17, 15) is 9.59 Å². The number of imide groups is 1. The Morgan fingerprint density at radius 1 is 1.29 bits per heavy atom. The first-order chi connectivity index (χ1) is 8.18. The van der Waals surface area contributed by atoms with Crippen LogP contribution in [0.2, 0.25) is 0 Å². The molecular weight excluding hydrogens is 236 g/mol. The molecule has 0 aromatic heterocycles. The van der Waals surface area contributed by atoms with Gasteiger partial charge in [0.2, 0.25) is 0 Å². The summed E-state index contributed by atoms with van der Waals surface area (Å²) in [5, 5.41) is 2.68. The van der Waals surface area contributed by atoms with Crippen molar-refractivity contribution >= 4 is 24.8 Å². The van der Waals surface area contributed by atoms with Crippen LogP contribution in [-0.4, -0.2) is 22.8 Å². The zero-order valence-corrected chi connectivity index (χ0v) is 10.2. The van der Waals surface area contributed by atoms with Gasteiger partial charge >= 0.3 is 6.03 Å². The SMILES string of the molecule is O=C(NCC1CC1)N(S)C(=O)c1ccccc1. The molecule has 1 aromatic rings. The van der Waals surface area contributed by atoms with Gasteiger partial charge in [0.1, 0.15) is 0 Å². The third-order valence-electron chi connectivity index (χ3n) is 2.64. The second-order valence-electron chi connectivity index (χ2n) is 4.11. The number of carbonyl (C=O) groups excluding carboxylic acids is 2. The Hall–Kier alpha value is -1.49. The molecule has 2 rings (SSSR count). The van der Waals surface area contributed by atoms with Crippen LogP contribution in [0.15, 0.2) is 30.3 Å². The Balaban J connectivity index is 1.91. The topological polar surface area (TPSA) is 49.4 Å². The predicted octanol–water partition coefficient (Wildman–Crippen LogP) is 2.09. The summed E-state index contributed by atoms with van der Waals surface area (Å²) in [4.78, 5) is 23.4. The Morgan fingerprint density at radius 2 is 1.94 bits per heavy atom. The molecule has 0 bridgehead atoms. The van der Waals surface area contributed by atoms with Gasteiger partial charge in [-0.25, -0.2) is 9.10 Å². The molecule has 1 aromatic carbocycles. The summed E-state index contributed by atoms with van der Waals surface area (Å²) in [6, 6.07) is 8.15. The number of amides is 3. The van der Waals surface area contributed by atoms with E-state index < -0.39 is 11.9 Å². The summed E-state index contributed by atoms with van der Waals surface area (Å²) in [5.74, 6) is 0.162. The number of nitrogens with one attached hydrogen (secondary N) is 1. The largest absolute Gasteiger partial charge is 0.337 e. The van der Waals surface area contributed by atoms with Gasteiger partial charge in [0.15, 0.2) is 0 Å². The van der Waals surface area contributed by atoms with Crippen molar-refractivity contribution in [3.8, 4) is 0 Å². The minimum absolute atomic E-state index is 0.415. The minimum atomic E-state index is -0.464. The number of urea groups is 1. The van der Waals surface area contributed by atoms with Gasteiger partial charge in [-0.15, -0.1) is 0 Å². The normalized spacial score (nSPS) is 14.2. The van der Waals surface area contributed by atoms with Crippen LogP contribution in [0.1, 0.15) is 23.2 Å². The van der Waals surface area contributed by atoms with Gasteiger partial charge in [0, 0.05) is 12.1 Å². The maximum absolute atomic E-state index is 11.8. The lowest BCUT2D eigenvalue weighted by molar-refractivity contribution is 0.0895. The molecule has 0 atom stereocenters. The van der Waals surface area contributed by atoms with Gasteiger partial charge in [0.25, 0.3) is 5.91 Å². The maximum Gasteiger partial charge on any atom is 0.334 e. The average molecular weight is 250 g/mol. The minimum Gasteiger partial charge on any atom is -0.337 e. The standard InChI is InChI=1S/C12H14N2O2S/c15-11(10-4-2-1-3-5-10)14(17)12(16)13-8-9-6-7-9/h1-5,9,17H,6-8H2,(H,13,16). The molecule has 90 valence electrons. The Labute approximate surface area is 106 Å². The van der Waals surface area contributed by atoms with E-state index in [4.69, 9.17) is 0 Å². The molecule has 3 amide bonds. The number of carbonyl (C=O) groups is 2. The molecule has 0 radical (unpaired) electrons. The molecule has 0 heterocycles. The number of rotatable bonds is 3. The van der Waals surface area contributed by atoms with Crippen LogP contribution in [0.25, 0.3) is 0 Å². The van der Waals surface area contributed by atoms with Gasteiger partial charge in [-0.3, -0.25) is 4.79 Å². The molecule has 0 aliphatic heterocycles. The number of hydrogen-bond donors (Lipinski definition) is 2. The second kappa shape index (κ2) is 5.23. The molecule has 17 heavy (non-hydrogen) atoms. The van der Waals surface area contributed by atoms with E-state index in [1.165, 1.54) is 0 Å². The summed E-state index contributed by atoms with van der Waals surface area (Å²) in [7, 11) is 0. The molecule has 5 heteroatoms. The molecule has 1 saturated carbocycles. The highest BCUT2D eigenvalue weighted by molar-refractivity contribution is 7.79. The van der Waals surface area contributed by atoms with Crippen molar-refractivity contribution in [3.05, 3.63) is 35.9 Å². The van der Waals surface area contributed by atoms with Crippen molar-refractivity contribution in [2.45, 2.75) is 12.8 Å². The van der Waals surface area contributed by atoms with Crippen molar-refractivity contribution in [2.75, 3.05) is 6.54 Å². The van der Waals surface area contributed by atoms with E-state index in [1.807, 2.05) is 6.07 Å². The Bertz CT molecular complexity index is 418. The van der Waals surface area contributed by atoms with E-state index in [-0.39, 0.29) is 0 Å². The van der Waals surface area contributed by atoms with Gasteiger partial charge in [-0.1, -0.05) is 31.0 Å². The molecule has 1 fully saturated rings. The quantitative estimate of drug-likeness (QED) is 0.807. The molecule has 1 aliphatic rings. The van der Waals surface area contributed by atoms with E-state index in [2.05, 4.69) is 18.1 Å². The molecule has 1 N–H and O–H groups in total. The summed E-state index contributed by atoms with van der Waals surface area (Å²) < 4.78 is 0.817. The molecule has 0 unspecified atom stereocenters. The van der Waals surface area contributed by atoms with Crippen LogP contribution in [-0.2, 0) is 0 Å². The lowest BCUT2D eigenvalue weighted by atomic mass is 10.2. The fraction of sp³-hybridized carbons (Fsp3) is 0.333. The third-order valence-corrected chi connectivity index (χ3v) is 3.01. The summed E-state index contributed by atoms with van der Waals surface area (Å²) in [6.07, 6.45) is 2.30. The first-order valence-electron chi connectivity index (χ1n) is 5.54. The van der Waals surface area contributed by atoms with Crippen LogP contribution in [0, 0.1) is 5.92 Å². The number of thiol groups is 1. The first kappa shape index (κ1) is 12.0. The van der Waals surface area contributed by atoms with Gasteiger partial charge < -0.3 is 5.32 Å². The lowest BCUT2D eigenvalue weighted by Crippen LogP contribution is -2.38. The third kappa shape index (κ3) is 3.23. The Kier molecular flexibility index (Phi) is 3.68. The molecule has 4 nitrogen and oxygen atoms in total. The van der Waals surface area contributed by atoms with Crippen molar-refractivity contribution in [2.24, 2.45) is 5.92 Å². The van der Waals surface area contributed by atoms with E-state index in [0.717, 1.165) is 17.1 Å². The van der Waals surface area contributed by atoms with Crippen LogP contribution in [0.4, 0.5) is 4.79 Å². The monoisotopic (exact) mass is 250 g/mol. The van der Waals surface area contributed by atoms with Gasteiger partial charge in [-0.05, 0) is 30.9 Å². The number of nitrogens with zero attached hydrogens (tertiary/aromatic N) is 1. The van der Waals surface area contributed by atoms with Gasteiger partial charge in [-0.2, -0.15) is 0 Å². The van der Waals surface area contributed by atoms with Gasteiger partial charge in [0.05, 0.1) is 0 Å². The average Bonchev–Trinajstić information content (AvgIpc) is 3.19. The molecule has 0 spiro atoms. The van der Waals surface area contributed by atoms with Crippen molar-refractivity contribution < 1.29 is 9.59 Å².